The average molecular weight is 329 g/mol. The molecular formula is C13H17BrN2O3. The van der Waals surface area contributed by atoms with E-state index in [-0.39, 0.29) is 16.8 Å². The van der Waals surface area contributed by atoms with Crippen LogP contribution in [-0.2, 0) is 0 Å². The summed E-state index contributed by atoms with van der Waals surface area (Å²) in [7, 11) is 0. The summed E-state index contributed by atoms with van der Waals surface area (Å²) < 4.78 is 0.697. The van der Waals surface area contributed by atoms with Crippen LogP contribution >= 0.6 is 15.9 Å². The molecule has 5 nitrogen and oxygen atoms in total. The Morgan fingerprint density at radius 3 is 2.53 bits per heavy atom. The third-order valence-electron chi connectivity index (χ3n) is 2.80. The van der Waals surface area contributed by atoms with E-state index in [9.17, 15) is 9.59 Å². The number of urea groups is 1. The Bertz CT molecular complexity index is 501. The predicted octanol–water partition coefficient (Wildman–Crippen LogP) is 3.46. The number of hydrogen-bond donors (Lipinski definition) is 3. The van der Waals surface area contributed by atoms with Crippen LogP contribution in [0.25, 0.3) is 0 Å². The number of hydrogen-bond acceptors (Lipinski definition) is 2. The van der Waals surface area contributed by atoms with Crippen molar-refractivity contribution >= 4 is 33.6 Å². The number of carboxylic acid groups (broad SMARTS) is 1. The second kappa shape index (κ2) is 6.06. The maximum atomic E-state index is 11.8. The number of carbonyl (C=O) groups is 2. The van der Waals surface area contributed by atoms with Crippen LogP contribution in [0.3, 0.4) is 0 Å². The number of benzene rings is 1. The van der Waals surface area contributed by atoms with E-state index >= 15 is 0 Å². The molecule has 0 spiro atoms. The van der Waals surface area contributed by atoms with E-state index < -0.39 is 12.0 Å². The quantitative estimate of drug-likeness (QED) is 0.791. The number of nitrogens with one attached hydrogen (secondary N) is 2. The molecule has 1 rings (SSSR count). The molecular weight excluding hydrogens is 312 g/mol. The van der Waals surface area contributed by atoms with Crippen LogP contribution in [0.2, 0.25) is 0 Å². The predicted molar refractivity (Wildman–Crippen MR) is 77.6 cm³/mol. The molecule has 0 bridgehead atoms. The molecule has 3 N–H and O–H groups in total. The smallest absolute Gasteiger partial charge is 0.337 e. The summed E-state index contributed by atoms with van der Waals surface area (Å²) in [6, 6.07) is 4.18. The molecule has 1 aromatic rings. The lowest BCUT2D eigenvalue weighted by molar-refractivity contribution is 0.0698. The molecule has 0 atom stereocenters. The third-order valence-corrected chi connectivity index (χ3v) is 3.29. The van der Waals surface area contributed by atoms with Crippen molar-refractivity contribution in [1.82, 2.24) is 5.32 Å². The fourth-order valence-corrected chi connectivity index (χ4v) is 1.72. The molecule has 0 saturated heterocycles. The highest BCUT2D eigenvalue weighted by atomic mass is 79.9. The van der Waals surface area contributed by atoms with Gasteiger partial charge in [0.05, 0.1) is 11.3 Å². The van der Waals surface area contributed by atoms with E-state index in [4.69, 9.17) is 5.11 Å². The highest BCUT2D eigenvalue weighted by Crippen LogP contribution is 2.21. The van der Waals surface area contributed by atoms with Gasteiger partial charge in [-0.3, -0.25) is 0 Å². The van der Waals surface area contributed by atoms with E-state index in [0.29, 0.717) is 4.47 Å². The van der Waals surface area contributed by atoms with Crippen LogP contribution < -0.4 is 10.6 Å². The summed E-state index contributed by atoms with van der Waals surface area (Å²) in [5.74, 6) is -1.09. The maximum absolute atomic E-state index is 11.8. The number of anilines is 1. The Hall–Kier alpha value is -1.56. The Balaban J connectivity index is 2.90. The molecule has 0 unspecified atom stereocenters. The van der Waals surface area contributed by atoms with Crippen molar-refractivity contribution in [3.8, 4) is 0 Å². The number of amides is 2. The number of halogens is 1. The summed E-state index contributed by atoms with van der Waals surface area (Å²) in [6.07, 6.45) is 0.769. The van der Waals surface area contributed by atoms with Crippen LogP contribution in [0.5, 0.6) is 0 Å². The first-order valence-corrected chi connectivity index (χ1v) is 6.66. The summed E-state index contributed by atoms with van der Waals surface area (Å²) in [5, 5.41) is 14.4. The van der Waals surface area contributed by atoms with Crippen LogP contribution in [0.15, 0.2) is 22.7 Å². The van der Waals surface area contributed by atoms with Gasteiger partial charge < -0.3 is 15.7 Å². The fraction of sp³-hybridized carbons (Fsp3) is 0.385. The van der Waals surface area contributed by atoms with Gasteiger partial charge in [-0.1, -0.05) is 22.9 Å². The number of aromatic carboxylic acids is 1. The molecule has 0 fully saturated rings. The lowest BCUT2D eigenvalue weighted by atomic mass is 10.0. The highest BCUT2D eigenvalue weighted by molar-refractivity contribution is 9.10. The van der Waals surface area contributed by atoms with Crippen molar-refractivity contribution in [2.45, 2.75) is 32.7 Å². The van der Waals surface area contributed by atoms with E-state index in [1.165, 1.54) is 6.07 Å². The van der Waals surface area contributed by atoms with Gasteiger partial charge in [-0.2, -0.15) is 0 Å². The third kappa shape index (κ3) is 4.55. The minimum absolute atomic E-state index is 0.0488. The monoisotopic (exact) mass is 328 g/mol. The van der Waals surface area contributed by atoms with Crippen LogP contribution in [-0.4, -0.2) is 22.6 Å². The molecule has 0 aromatic heterocycles. The molecule has 0 aliphatic carbocycles. The summed E-state index contributed by atoms with van der Waals surface area (Å²) in [4.78, 5) is 22.9. The van der Waals surface area contributed by atoms with Crippen LogP contribution in [0.1, 0.15) is 37.6 Å². The molecule has 19 heavy (non-hydrogen) atoms. The zero-order valence-electron chi connectivity index (χ0n) is 11.1. The van der Waals surface area contributed by atoms with Gasteiger partial charge in [-0.05, 0) is 38.5 Å². The van der Waals surface area contributed by atoms with Crippen LogP contribution in [0, 0.1) is 0 Å². The molecule has 0 saturated carbocycles. The van der Waals surface area contributed by atoms with Crippen molar-refractivity contribution in [1.29, 1.82) is 0 Å². The standard InChI is InChI=1S/C13H17BrN2O3/c1-4-13(2,3)16-12(19)15-10-7-8(14)5-6-9(10)11(17)18/h5-7H,4H2,1-3H3,(H,17,18)(H2,15,16,19). The van der Waals surface area contributed by atoms with Gasteiger partial charge in [-0.25, -0.2) is 9.59 Å². The minimum atomic E-state index is -1.09. The second-order valence-electron chi connectivity index (χ2n) is 4.81. The molecule has 2 amide bonds. The van der Waals surface area contributed by atoms with Gasteiger partial charge in [0.25, 0.3) is 0 Å². The Morgan fingerprint density at radius 2 is 2.00 bits per heavy atom. The average Bonchev–Trinajstić information content (AvgIpc) is 2.27. The molecule has 6 heteroatoms. The van der Waals surface area contributed by atoms with Crippen molar-refractivity contribution in [2.75, 3.05) is 5.32 Å². The van der Waals surface area contributed by atoms with Crippen molar-refractivity contribution in [2.24, 2.45) is 0 Å². The zero-order valence-corrected chi connectivity index (χ0v) is 12.7. The topological polar surface area (TPSA) is 78.4 Å². The van der Waals surface area contributed by atoms with E-state index in [2.05, 4.69) is 26.6 Å². The zero-order chi connectivity index (χ0) is 14.6. The number of rotatable bonds is 4. The molecule has 0 aliphatic rings. The van der Waals surface area contributed by atoms with Gasteiger partial charge in [-0.15, -0.1) is 0 Å². The summed E-state index contributed by atoms with van der Waals surface area (Å²) in [5.41, 5.74) is -0.0432. The molecule has 104 valence electrons. The van der Waals surface area contributed by atoms with Crippen LogP contribution in [0.4, 0.5) is 10.5 Å². The number of carbonyl (C=O) groups excluding carboxylic acids is 1. The SMILES string of the molecule is CCC(C)(C)NC(=O)Nc1cc(Br)ccc1C(=O)O. The summed E-state index contributed by atoms with van der Waals surface area (Å²) in [6.45, 7) is 5.75. The van der Waals surface area contributed by atoms with E-state index in [1.54, 1.807) is 12.1 Å². The minimum Gasteiger partial charge on any atom is -0.478 e. The normalized spacial score (nSPS) is 10.9. The molecule has 0 heterocycles. The first-order valence-electron chi connectivity index (χ1n) is 5.87. The first kappa shape index (κ1) is 15.5. The highest BCUT2D eigenvalue weighted by Gasteiger charge is 2.19. The van der Waals surface area contributed by atoms with Gasteiger partial charge in [0.2, 0.25) is 0 Å². The molecule has 1 aromatic carbocycles. The maximum Gasteiger partial charge on any atom is 0.337 e. The number of carboxylic acids is 1. The van der Waals surface area contributed by atoms with Gasteiger partial charge >= 0.3 is 12.0 Å². The van der Waals surface area contributed by atoms with Crippen molar-refractivity contribution in [3.63, 3.8) is 0 Å². The summed E-state index contributed by atoms with van der Waals surface area (Å²) >= 11 is 3.25. The van der Waals surface area contributed by atoms with Gasteiger partial charge in [0, 0.05) is 10.0 Å². The lowest BCUT2D eigenvalue weighted by Gasteiger charge is -2.24. The van der Waals surface area contributed by atoms with Gasteiger partial charge in [0.1, 0.15) is 0 Å². The first-order chi connectivity index (χ1) is 8.75. The van der Waals surface area contributed by atoms with Gasteiger partial charge in [0.15, 0.2) is 0 Å². The van der Waals surface area contributed by atoms with E-state index in [0.717, 1.165) is 6.42 Å². The lowest BCUT2D eigenvalue weighted by Crippen LogP contribution is -2.45. The molecule has 0 radical (unpaired) electrons. The Kier molecular flexibility index (Phi) is 4.94. The molecule has 0 aliphatic heterocycles. The Labute approximate surface area is 120 Å². The second-order valence-corrected chi connectivity index (χ2v) is 5.73. The van der Waals surface area contributed by atoms with Crippen molar-refractivity contribution in [3.05, 3.63) is 28.2 Å². The van der Waals surface area contributed by atoms with Crippen molar-refractivity contribution < 1.29 is 14.7 Å². The Morgan fingerprint density at radius 1 is 1.37 bits per heavy atom. The van der Waals surface area contributed by atoms with E-state index in [1.807, 2.05) is 20.8 Å². The largest absolute Gasteiger partial charge is 0.478 e. The fourth-order valence-electron chi connectivity index (χ4n) is 1.36.